The van der Waals surface area contributed by atoms with Gasteiger partial charge in [0.1, 0.15) is 5.75 Å². The highest BCUT2D eigenvalue weighted by atomic mass is 35.5. The van der Waals surface area contributed by atoms with Crippen LogP contribution in [-0.4, -0.2) is 17.6 Å². The number of halogens is 2. The Hall–Kier alpha value is -2.26. The Bertz CT molecular complexity index is 1060. The van der Waals surface area contributed by atoms with Crippen LogP contribution in [0.15, 0.2) is 41.4 Å². The van der Waals surface area contributed by atoms with Gasteiger partial charge in [-0.2, -0.15) is 4.99 Å². The summed E-state index contributed by atoms with van der Waals surface area (Å²) in [5.41, 5.74) is 1.13. The summed E-state index contributed by atoms with van der Waals surface area (Å²) in [5, 5.41) is 0.815. The van der Waals surface area contributed by atoms with E-state index in [0.717, 1.165) is 4.70 Å². The van der Waals surface area contributed by atoms with Crippen LogP contribution >= 0.6 is 34.5 Å². The quantitative estimate of drug-likeness (QED) is 0.622. The van der Waals surface area contributed by atoms with Crippen molar-refractivity contribution in [2.24, 2.45) is 4.99 Å². The number of hydrogen-bond acceptors (Lipinski definition) is 3. The molecule has 0 radical (unpaired) electrons. The molecule has 2 aromatic carbocycles. The third-order valence-electron chi connectivity index (χ3n) is 3.52. The summed E-state index contributed by atoms with van der Waals surface area (Å²) < 4.78 is 7.66. The van der Waals surface area contributed by atoms with Gasteiger partial charge in [-0.3, -0.25) is 4.79 Å². The lowest BCUT2D eigenvalue weighted by molar-refractivity contribution is 0.0998. The Morgan fingerprint density at radius 2 is 2.00 bits per heavy atom. The zero-order valence-corrected chi connectivity index (χ0v) is 15.5. The van der Waals surface area contributed by atoms with Gasteiger partial charge >= 0.3 is 0 Å². The van der Waals surface area contributed by atoms with Gasteiger partial charge in [0.25, 0.3) is 5.91 Å². The average Bonchev–Trinajstić information content (AvgIpc) is 2.96. The van der Waals surface area contributed by atoms with E-state index < -0.39 is 0 Å². The number of aromatic nitrogens is 1. The van der Waals surface area contributed by atoms with Crippen LogP contribution in [0, 0.1) is 12.3 Å². The SMILES string of the molecule is C#CCn1c(=NC(=O)c2ccc(OC)cc2)sc2ccc(Cl)c(Cl)c21. The number of methoxy groups -OCH3 is 1. The molecular formula is C18H12Cl2N2O2S. The zero-order valence-electron chi connectivity index (χ0n) is 13.1. The van der Waals surface area contributed by atoms with Gasteiger partial charge in [0, 0.05) is 5.56 Å². The van der Waals surface area contributed by atoms with Crippen LogP contribution in [0.1, 0.15) is 10.4 Å². The predicted octanol–water partition coefficient (Wildman–Crippen LogP) is 4.39. The molecule has 7 heteroatoms. The van der Waals surface area contributed by atoms with Gasteiger partial charge in [0.2, 0.25) is 0 Å². The number of carbonyl (C=O) groups excluding carboxylic acids is 1. The molecule has 4 nitrogen and oxygen atoms in total. The van der Waals surface area contributed by atoms with E-state index in [0.29, 0.717) is 31.7 Å². The van der Waals surface area contributed by atoms with Crippen molar-refractivity contribution < 1.29 is 9.53 Å². The van der Waals surface area contributed by atoms with Crippen LogP contribution in [0.3, 0.4) is 0 Å². The van der Waals surface area contributed by atoms with Crippen molar-refractivity contribution in [2.45, 2.75) is 6.54 Å². The molecule has 0 saturated carbocycles. The van der Waals surface area contributed by atoms with Crippen LogP contribution in [0.4, 0.5) is 0 Å². The number of ether oxygens (including phenoxy) is 1. The first kappa shape index (κ1) is 17.6. The van der Waals surface area contributed by atoms with Gasteiger partial charge in [0.05, 0.1) is 33.9 Å². The van der Waals surface area contributed by atoms with Crippen molar-refractivity contribution in [3.05, 3.63) is 56.8 Å². The maximum absolute atomic E-state index is 12.5. The fourth-order valence-electron chi connectivity index (χ4n) is 2.31. The summed E-state index contributed by atoms with van der Waals surface area (Å²) in [7, 11) is 1.57. The fraction of sp³-hybridized carbons (Fsp3) is 0.111. The molecule has 1 amide bonds. The third kappa shape index (κ3) is 3.42. The van der Waals surface area contributed by atoms with E-state index in [4.69, 9.17) is 34.4 Å². The molecule has 0 aliphatic carbocycles. The molecule has 3 rings (SSSR count). The Balaban J connectivity index is 2.15. The number of thiazole rings is 1. The summed E-state index contributed by atoms with van der Waals surface area (Å²) in [6, 6.07) is 10.3. The van der Waals surface area contributed by atoms with Crippen molar-refractivity contribution >= 4 is 50.7 Å². The molecular weight excluding hydrogens is 379 g/mol. The maximum atomic E-state index is 12.5. The number of rotatable bonds is 3. The first-order valence-electron chi connectivity index (χ1n) is 7.19. The molecule has 25 heavy (non-hydrogen) atoms. The zero-order chi connectivity index (χ0) is 18.0. The number of hydrogen-bond donors (Lipinski definition) is 0. The highest BCUT2D eigenvalue weighted by Gasteiger charge is 2.13. The molecule has 1 heterocycles. The normalized spacial score (nSPS) is 11.5. The van der Waals surface area contributed by atoms with Crippen molar-refractivity contribution in [1.29, 1.82) is 0 Å². The molecule has 0 aliphatic rings. The molecule has 126 valence electrons. The van der Waals surface area contributed by atoms with Crippen LogP contribution in [0.2, 0.25) is 10.0 Å². The number of fused-ring (bicyclic) bond motifs is 1. The van der Waals surface area contributed by atoms with E-state index in [1.54, 1.807) is 42.0 Å². The lowest BCUT2D eigenvalue weighted by Crippen LogP contribution is -2.16. The molecule has 0 atom stereocenters. The number of terminal acetylenes is 1. The largest absolute Gasteiger partial charge is 0.497 e. The number of nitrogens with zero attached hydrogens (tertiary/aromatic N) is 2. The molecule has 0 spiro atoms. The van der Waals surface area contributed by atoms with Crippen LogP contribution in [0.25, 0.3) is 10.2 Å². The molecule has 0 N–H and O–H groups in total. The lowest BCUT2D eigenvalue weighted by Gasteiger charge is -2.03. The Labute approximate surface area is 158 Å². The minimum atomic E-state index is -0.373. The summed E-state index contributed by atoms with van der Waals surface area (Å²) in [5.74, 6) is 2.85. The van der Waals surface area contributed by atoms with Gasteiger partial charge in [-0.05, 0) is 36.4 Å². The second-order valence-electron chi connectivity index (χ2n) is 5.03. The van der Waals surface area contributed by atoms with E-state index in [-0.39, 0.29) is 12.5 Å². The van der Waals surface area contributed by atoms with E-state index in [1.165, 1.54) is 11.3 Å². The predicted molar refractivity (Wildman–Crippen MR) is 102 cm³/mol. The summed E-state index contributed by atoms with van der Waals surface area (Å²) in [4.78, 5) is 17.2. The van der Waals surface area contributed by atoms with E-state index >= 15 is 0 Å². The smallest absolute Gasteiger partial charge is 0.279 e. The number of carbonyl (C=O) groups is 1. The Morgan fingerprint density at radius 1 is 1.28 bits per heavy atom. The molecule has 0 aliphatic heterocycles. The van der Waals surface area contributed by atoms with E-state index in [2.05, 4.69) is 10.9 Å². The van der Waals surface area contributed by atoms with Crippen LogP contribution in [0.5, 0.6) is 5.75 Å². The number of benzene rings is 2. The average molecular weight is 391 g/mol. The van der Waals surface area contributed by atoms with Crippen molar-refractivity contribution in [1.82, 2.24) is 4.57 Å². The maximum Gasteiger partial charge on any atom is 0.279 e. The summed E-state index contributed by atoms with van der Waals surface area (Å²) in [6.45, 7) is 0.231. The molecule has 3 aromatic rings. The first-order chi connectivity index (χ1) is 12.0. The Morgan fingerprint density at radius 3 is 2.64 bits per heavy atom. The first-order valence-corrected chi connectivity index (χ1v) is 8.76. The standard InChI is InChI=1S/C18H12Cl2N2O2S/c1-3-10-22-16-14(9-8-13(19)15(16)20)25-18(22)21-17(23)11-4-6-12(24-2)7-5-11/h1,4-9H,10H2,2H3. The van der Waals surface area contributed by atoms with Crippen LogP contribution < -0.4 is 9.54 Å². The lowest BCUT2D eigenvalue weighted by atomic mass is 10.2. The second-order valence-corrected chi connectivity index (χ2v) is 6.82. The summed E-state index contributed by atoms with van der Waals surface area (Å²) in [6.07, 6.45) is 5.46. The monoisotopic (exact) mass is 390 g/mol. The van der Waals surface area contributed by atoms with Gasteiger partial charge < -0.3 is 9.30 Å². The highest BCUT2D eigenvalue weighted by Crippen LogP contribution is 2.32. The molecule has 0 unspecified atom stereocenters. The molecule has 1 aromatic heterocycles. The topological polar surface area (TPSA) is 43.6 Å². The highest BCUT2D eigenvalue weighted by molar-refractivity contribution is 7.16. The van der Waals surface area contributed by atoms with Gasteiger partial charge in [0.15, 0.2) is 4.80 Å². The van der Waals surface area contributed by atoms with Crippen molar-refractivity contribution in [2.75, 3.05) is 7.11 Å². The minimum Gasteiger partial charge on any atom is -0.497 e. The summed E-state index contributed by atoms with van der Waals surface area (Å²) >= 11 is 13.7. The fourth-order valence-corrected chi connectivity index (χ4v) is 3.82. The number of amides is 1. The van der Waals surface area contributed by atoms with Crippen molar-refractivity contribution in [3.63, 3.8) is 0 Å². The molecule has 0 fully saturated rings. The van der Waals surface area contributed by atoms with Gasteiger partial charge in [-0.1, -0.05) is 40.5 Å². The third-order valence-corrected chi connectivity index (χ3v) is 5.36. The van der Waals surface area contributed by atoms with Gasteiger partial charge in [-0.25, -0.2) is 0 Å². The van der Waals surface area contributed by atoms with Crippen LogP contribution in [-0.2, 0) is 6.54 Å². The molecule has 0 saturated heterocycles. The second kappa shape index (κ2) is 7.32. The Kier molecular flexibility index (Phi) is 5.14. The molecule has 0 bridgehead atoms. The van der Waals surface area contributed by atoms with Gasteiger partial charge in [-0.15, -0.1) is 6.42 Å². The van der Waals surface area contributed by atoms with E-state index in [1.807, 2.05) is 6.07 Å². The van der Waals surface area contributed by atoms with Crippen molar-refractivity contribution in [3.8, 4) is 18.1 Å². The van der Waals surface area contributed by atoms with E-state index in [9.17, 15) is 4.79 Å². The minimum absolute atomic E-state index is 0.231.